The number of rotatable bonds is 6. The van der Waals surface area contributed by atoms with Crippen LogP contribution in [0, 0.1) is 0 Å². The lowest BCUT2D eigenvalue weighted by molar-refractivity contribution is 0.106. The van der Waals surface area contributed by atoms with Gasteiger partial charge < -0.3 is 4.74 Å². The summed E-state index contributed by atoms with van der Waals surface area (Å²) in [6.07, 6.45) is 1.56. The molecule has 2 rings (SSSR count). The lowest BCUT2D eigenvalue weighted by atomic mass is 10.1. The molecule has 4 heteroatoms. The second-order valence-electron chi connectivity index (χ2n) is 4.34. The highest BCUT2D eigenvalue weighted by Gasteiger charge is 2.03. The molecule has 2 aromatic carbocycles. The van der Waals surface area contributed by atoms with Crippen LogP contribution in [0.25, 0.3) is 0 Å². The van der Waals surface area contributed by atoms with Gasteiger partial charge in [0.1, 0.15) is 0 Å². The average molecular weight is 285 g/mol. The van der Waals surface area contributed by atoms with E-state index in [9.17, 15) is 4.79 Å². The fourth-order valence-corrected chi connectivity index (χ4v) is 2.10. The Morgan fingerprint density at radius 3 is 2.60 bits per heavy atom. The summed E-state index contributed by atoms with van der Waals surface area (Å²) in [5, 5.41) is 0. The van der Waals surface area contributed by atoms with Gasteiger partial charge in [0, 0.05) is 4.90 Å². The number of carbonyl (C=O) groups excluding carboxylic acids is 1. The van der Waals surface area contributed by atoms with E-state index in [0.717, 1.165) is 21.6 Å². The molecule has 0 saturated carbocycles. The number of benzene rings is 2. The fourth-order valence-electron chi connectivity index (χ4n) is 1.87. The molecule has 2 aromatic rings. The molecule has 0 fully saturated rings. The van der Waals surface area contributed by atoms with Gasteiger partial charge in [0.15, 0.2) is 0 Å². The van der Waals surface area contributed by atoms with Crippen molar-refractivity contribution in [3.63, 3.8) is 0 Å². The van der Waals surface area contributed by atoms with Gasteiger partial charge in [0.2, 0.25) is 6.08 Å². The lowest BCUT2D eigenvalue weighted by Gasteiger charge is -2.09. The van der Waals surface area contributed by atoms with Crippen molar-refractivity contribution < 1.29 is 9.53 Å². The SMILES string of the molecule is O=C=NCc1ccc(S)cc1COCc1ccccc1. The van der Waals surface area contributed by atoms with E-state index in [1.165, 1.54) is 0 Å². The third kappa shape index (κ3) is 4.35. The molecule has 0 aliphatic carbocycles. The molecule has 0 bridgehead atoms. The first kappa shape index (κ1) is 14.5. The van der Waals surface area contributed by atoms with Gasteiger partial charge in [-0.2, -0.15) is 0 Å². The maximum atomic E-state index is 10.2. The minimum Gasteiger partial charge on any atom is -0.372 e. The molecule has 0 saturated heterocycles. The molecule has 20 heavy (non-hydrogen) atoms. The van der Waals surface area contributed by atoms with Gasteiger partial charge in [0.25, 0.3) is 0 Å². The van der Waals surface area contributed by atoms with Crippen LogP contribution in [0.1, 0.15) is 16.7 Å². The molecular weight excluding hydrogens is 270 g/mol. The minimum atomic E-state index is 0.321. The van der Waals surface area contributed by atoms with Gasteiger partial charge in [-0.3, -0.25) is 0 Å². The number of aliphatic imine (C=N–C) groups is 1. The zero-order chi connectivity index (χ0) is 14.2. The maximum Gasteiger partial charge on any atom is 0.235 e. The Kier molecular flexibility index (Phi) is 5.56. The van der Waals surface area contributed by atoms with E-state index < -0.39 is 0 Å². The van der Waals surface area contributed by atoms with Crippen LogP contribution in [0.5, 0.6) is 0 Å². The lowest BCUT2D eigenvalue weighted by Crippen LogP contribution is -1.98. The van der Waals surface area contributed by atoms with Crippen molar-refractivity contribution in [2.45, 2.75) is 24.7 Å². The van der Waals surface area contributed by atoms with E-state index >= 15 is 0 Å². The molecule has 102 valence electrons. The third-order valence-corrected chi connectivity index (χ3v) is 3.15. The van der Waals surface area contributed by atoms with E-state index in [1.807, 2.05) is 48.5 Å². The third-order valence-electron chi connectivity index (χ3n) is 2.87. The second-order valence-corrected chi connectivity index (χ2v) is 4.86. The van der Waals surface area contributed by atoms with Gasteiger partial charge in [0.05, 0.1) is 19.8 Å². The Morgan fingerprint density at radius 1 is 1.05 bits per heavy atom. The zero-order valence-electron chi connectivity index (χ0n) is 11.0. The topological polar surface area (TPSA) is 38.7 Å². The molecule has 0 radical (unpaired) electrons. The summed E-state index contributed by atoms with van der Waals surface area (Å²) in [4.78, 5) is 14.7. The van der Waals surface area contributed by atoms with E-state index in [-0.39, 0.29) is 0 Å². The van der Waals surface area contributed by atoms with E-state index in [0.29, 0.717) is 19.8 Å². The standard InChI is InChI=1S/C16H15NO2S/c18-12-17-9-14-6-7-16(20)8-15(14)11-19-10-13-4-2-1-3-5-13/h1-8,20H,9-11H2. The van der Waals surface area contributed by atoms with Crippen molar-refractivity contribution in [2.75, 3.05) is 0 Å². The van der Waals surface area contributed by atoms with Crippen LogP contribution in [0.15, 0.2) is 58.4 Å². The van der Waals surface area contributed by atoms with E-state index in [2.05, 4.69) is 17.6 Å². The van der Waals surface area contributed by atoms with Crippen LogP contribution >= 0.6 is 12.6 Å². The number of hydrogen-bond donors (Lipinski definition) is 1. The predicted octanol–water partition coefficient (Wildman–Crippen LogP) is 3.53. The first-order chi connectivity index (χ1) is 9.79. The Balaban J connectivity index is 2.00. The number of isocyanates is 1. The second kappa shape index (κ2) is 7.65. The van der Waals surface area contributed by atoms with Gasteiger partial charge in [-0.05, 0) is 28.8 Å². The highest BCUT2D eigenvalue weighted by Crippen LogP contribution is 2.17. The molecular formula is C16H15NO2S. The largest absolute Gasteiger partial charge is 0.372 e. The van der Waals surface area contributed by atoms with Crippen LogP contribution in [0.4, 0.5) is 0 Å². The summed E-state index contributed by atoms with van der Waals surface area (Å²) in [6, 6.07) is 15.7. The Bertz CT molecular complexity index is 607. The molecule has 0 amide bonds. The van der Waals surface area contributed by atoms with Crippen LogP contribution in [0.2, 0.25) is 0 Å². The normalized spacial score (nSPS) is 10.1. The highest BCUT2D eigenvalue weighted by atomic mass is 32.1. The number of nitrogens with zero attached hydrogens (tertiary/aromatic N) is 1. The van der Waals surface area contributed by atoms with Gasteiger partial charge in [-0.25, -0.2) is 9.79 Å². The van der Waals surface area contributed by atoms with Gasteiger partial charge >= 0.3 is 0 Å². The quantitative estimate of drug-likeness (QED) is 0.501. The fraction of sp³-hybridized carbons (Fsp3) is 0.188. The van der Waals surface area contributed by atoms with Crippen LogP contribution < -0.4 is 0 Å². The molecule has 0 spiro atoms. The number of ether oxygens (including phenoxy) is 1. The monoisotopic (exact) mass is 285 g/mol. The molecule has 0 N–H and O–H groups in total. The van der Waals surface area contributed by atoms with Crippen molar-refractivity contribution in [1.29, 1.82) is 0 Å². The van der Waals surface area contributed by atoms with Crippen LogP contribution in [-0.2, 0) is 29.3 Å². The van der Waals surface area contributed by atoms with Gasteiger partial charge in [-0.1, -0.05) is 36.4 Å². The molecule has 0 aliphatic rings. The highest BCUT2D eigenvalue weighted by molar-refractivity contribution is 7.80. The average Bonchev–Trinajstić information content (AvgIpc) is 2.47. The summed E-state index contributed by atoms with van der Waals surface area (Å²) in [5.41, 5.74) is 3.08. The summed E-state index contributed by atoms with van der Waals surface area (Å²) in [7, 11) is 0. The van der Waals surface area contributed by atoms with Gasteiger partial charge in [-0.15, -0.1) is 12.6 Å². The summed E-state index contributed by atoms with van der Waals surface area (Å²) in [6.45, 7) is 1.34. The first-order valence-corrected chi connectivity index (χ1v) is 6.70. The van der Waals surface area contributed by atoms with Crippen molar-refractivity contribution in [3.8, 4) is 0 Å². The molecule has 0 unspecified atom stereocenters. The predicted molar refractivity (Wildman–Crippen MR) is 80.5 cm³/mol. The smallest absolute Gasteiger partial charge is 0.235 e. The molecule has 0 heterocycles. The van der Waals surface area contributed by atoms with Crippen molar-refractivity contribution >= 4 is 18.7 Å². The Morgan fingerprint density at radius 2 is 1.85 bits per heavy atom. The molecule has 0 aromatic heterocycles. The summed E-state index contributed by atoms with van der Waals surface area (Å²) < 4.78 is 5.71. The van der Waals surface area contributed by atoms with Crippen molar-refractivity contribution in [1.82, 2.24) is 0 Å². The first-order valence-electron chi connectivity index (χ1n) is 6.25. The number of hydrogen-bond acceptors (Lipinski definition) is 4. The minimum absolute atomic E-state index is 0.321. The van der Waals surface area contributed by atoms with Crippen LogP contribution in [-0.4, -0.2) is 6.08 Å². The summed E-state index contributed by atoms with van der Waals surface area (Å²) in [5.74, 6) is 0. The van der Waals surface area contributed by atoms with E-state index in [4.69, 9.17) is 4.74 Å². The molecule has 0 atom stereocenters. The summed E-state index contributed by atoms with van der Waals surface area (Å²) >= 11 is 4.32. The maximum absolute atomic E-state index is 10.2. The van der Waals surface area contributed by atoms with E-state index in [1.54, 1.807) is 6.08 Å². The molecule has 3 nitrogen and oxygen atoms in total. The Hall–Kier alpha value is -1.87. The Labute approximate surface area is 123 Å². The molecule has 0 aliphatic heterocycles. The van der Waals surface area contributed by atoms with Crippen molar-refractivity contribution in [2.24, 2.45) is 4.99 Å². The van der Waals surface area contributed by atoms with Crippen LogP contribution in [0.3, 0.4) is 0 Å². The zero-order valence-corrected chi connectivity index (χ0v) is 11.8. The van der Waals surface area contributed by atoms with Crippen molar-refractivity contribution in [3.05, 3.63) is 65.2 Å². The number of thiol groups is 1.